The zero-order valence-corrected chi connectivity index (χ0v) is 16.3. The molecule has 1 aromatic heterocycles. The number of nitrogens with zero attached hydrogens (tertiary/aromatic N) is 4. The number of piperidine rings is 1. The lowest BCUT2D eigenvalue weighted by molar-refractivity contribution is -0.120. The smallest absolute Gasteiger partial charge is 0.272 e. The molecule has 2 aliphatic heterocycles. The molecule has 2 aliphatic rings. The molecular weight excluding hydrogens is 354 g/mol. The lowest BCUT2D eigenvalue weighted by Crippen LogP contribution is -2.51. The van der Waals surface area contributed by atoms with Gasteiger partial charge in [-0.25, -0.2) is 0 Å². The Hall–Kier alpha value is -2.67. The minimum absolute atomic E-state index is 0.0460. The van der Waals surface area contributed by atoms with Gasteiger partial charge in [0.2, 0.25) is 5.91 Å². The number of carbonyl (C=O) groups is 2. The Labute approximate surface area is 165 Å². The van der Waals surface area contributed by atoms with Crippen LogP contribution in [0.3, 0.4) is 0 Å². The number of rotatable bonds is 4. The van der Waals surface area contributed by atoms with Crippen molar-refractivity contribution in [1.29, 1.82) is 0 Å². The number of amides is 2. The number of fused-ring (bicyclic) bond motifs is 1. The molecule has 0 radical (unpaired) electrons. The van der Waals surface area contributed by atoms with E-state index in [2.05, 4.69) is 21.4 Å². The summed E-state index contributed by atoms with van der Waals surface area (Å²) >= 11 is 0. The first-order valence-electron chi connectivity index (χ1n) is 10.0. The topological polar surface area (TPSA) is 70.5 Å². The summed E-state index contributed by atoms with van der Waals surface area (Å²) in [6, 6.07) is 9.94. The SMILES string of the molecule is Cn1ccc(C(=O)NC2CCCN(CC(=O)N3CCCc4ccccc43)C2)n1. The fraction of sp³-hybridized carbons (Fsp3) is 0.476. The average molecular weight is 381 g/mol. The van der Waals surface area contributed by atoms with Gasteiger partial charge in [0.15, 0.2) is 0 Å². The van der Waals surface area contributed by atoms with Gasteiger partial charge in [-0.3, -0.25) is 19.2 Å². The van der Waals surface area contributed by atoms with Crippen LogP contribution in [0.5, 0.6) is 0 Å². The van der Waals surface area contributed by atoms with E-state index >= 15 is 0 Å². The van der Waals surface area contributed by atoms with Crippen LogP contribution >= 0.6 is 0 Å². The van der Waals surface area contributed by atoms with E-state index in [9.17, 15) is 9.59 Å². The van der Waals surface area contributed by atoms with Crippen LogP contribution in [0.15, 0.2) is 36.5 Å². The summed E-state index contributed by atoms with van der Waals surface area (Å²) in [5.74, 6) is -0.00686. The molecule has 0 bridgehead atoms. The molecule has 3 heterocycles. The number of anilines is 1. The van der Waals surface area contributed by atoms with Crippen LogP contribution in [0.4, 0.5) is 5.69 Å². The molecule has 2 amide bonds. The Bertz CT molecular complexity index is 862. The fourth-order valence-corrected chi connectivity index (χ4v) is 4.18. The van der Waals surface area contributed by atoms with Crippen molar-refractivity contribution in [3.8, 4) is 0 Å². The second kappa shape index (κ2) is 8.14. The summed E-state index contributed by atoms with van der Waals surface area (Å²) in [4.78, 5) is 29.4. The predicted octanol–water partition coefficient (Wildman–Crippen LogP) is 1.59. The molecule has 1 saturated heterocycles. The van der Waals surface area contributed by atoms with Gasteiger partial charge < -0.3 is 10.2 Å². The summed E-state index contributed by atoms with van der Waals surface area (Å²) in [6.07, 6.45) is 5.70. The monoisotopic (exact) mass is 381 g/mol. The standard InChI is InChI=1S/C21H27N5O2/c1-24-13-10-18(23-24)21(28)22-17-8-5-11-25(14-17)15-20(27)26-12-4-7-16-6-2-3-9-19(16)26/h2-3,6,9-10,13,17H,4-5,7-8,11-12,14-15H2,1H3,(H,22,28). The van der Waals surface area contributed by atoms with E-state index in [1.165, 1.54) is 5.56 Å². The Morgan fingerprint density at radius 3 is 2.86 bits per heavy atom. The first-order chi connectivity index (χ1) is 13.6. The highest BCUT2D eigenvalue weighted by Gasteiger charge is 2.27. The molecule has 0 spiro atoms. The van der Waals surface area contributed by atoms with Gasteiger partial charge in [-0.1, -0.05) is 18.2 Å². The highest BCUT2D eigenvalue weighted by molar-refractivity contribution is 5.96. The zero-order chi connectivity index (χ0) is 19.5. The van der Waals surface area contributed by atoms with Crippen LogP contribution in [-0.4, -0.2) is 58.7 Å². The summed E-state index contributed by atoms with van der Waals surface area (Å²) in [5, 5.41) is 7.22. The normalized spacial score (nSPS) is 19.9. The van der Waals surface area contributed by atoms with Gasteiger partial charge in [0.25, 0.3) is 5.91 Å². The van der Waals surface area contributed by atoms with Crippen molar-refractivity contribution < 1.29 is 9.59 Å². The number of likely N-dealkylation sites (tertiary alicyclic amines) is 1. The van der Waals surface area contributed by atoms with Gasteiger partial charge in [-0.05, 0) is 49.9 Å². The van der Waals surface area contributed by atoms with Gasteiger partial charge in [-0.15, -0.1) is 0 Å². The number of hydrogen-bond donors (Lipinski definition) is 1. The van der Waals surface area contributed by atoms with Crippen molar-refractivity contribution in [2.24, 2.45) is 7.05 Å². The fourth-order valence-electron chi connectivity index (χ4n) is 4.18. The van der Waals surface area contributed by atoms with Crippen molar-refractivity contribution in [2.45, 2.75) is 31.7 Å². The largest absolute Gasteiger partial charge is 0.347 e. The van der Waals surface area contributed by atoms with Crippen LogP contribution in [-0.2, 0) is 18.3 Å². The molecule has 1 fully saturated rings. The molecule has 1 atom stereocenters. The second-order valence-corrected chi connectivity index (χ2v) is 7.70. The molecule has 28 heavy (non-hydrogen) atoms. The molecule has 7 nitrogen and oxygen atoms in total. The molecule has 1 N–H and O–H groups in total. The summed E-state index contributed by atoms with van der Waals surface area (Å²) in [6.45, 7) is 2.75. The lowest BCUT2D eigenvalue weighted by Gasteiger charge is -2.35. The second-order valence-electron chi connectivity index (χ2n) is 7.70. The van der Waals surface area contributed by atoms with Gasteiger partial charge >= 0.3 is 0 Å². The van der Waals surface area contributed by atoms with Crippen LogP contribution in [0.2, 0.25) is 0 Å². The third-order valence-corrected chi connectivity index (χ3v) is 5.56. The number of para-hydroxylation sites is 1. The maximum Gasteiger partial charge on any atom is 0.272 e. The van der Waals surface area contributed by atoms with Crippen molar-refractivity contribution in [1.82, 2.24) is 20.0 Å². The van der Waals surface area contributed by atoms with E-state index in [4.69, 9.17) is 0 Å². The summed E-state index contributed by atoms with van der Waals surface area (Å²) in [7, 11) is 1.80. The van der Waals surface area contributed by atoms with E-state index in [1.807, 2.05) is 23.1 Å². The molecule has 2 aromatic rings. The first-order valence-corrected chi connectivity index (χ1v) is 10.0. The minimum atomic E-state index is -0.149. The Morgan fingerprint density at radius 2 is 2.04 bits per heavy atom. The number of carbonyl (C=O) groups excluding carboxylic acids is 2. The van der Waals surface area contributed by atoms with Crippen LogP contribution in [0.1, 0.15) is 35.3 Å². The molecule has 0 saturated carbocycles. The predicted molar refractivity (Wildman–Crippen MR) is 107 cm³/mol. The molecule has 1 unspecified atom stereocenters. The summed E-state index contributed by atoms with van der Waals surface area (Å²) in [5.41, 5.74) is 2.73. The zero-order valence-electron chi connectivity index (χ0n) is 16.3. The van der Waals surface area contributed by atoms with Crippen molar-refractivity contribution >= 4 is 17.5 Å². The molecule has 148 valence electrons. The Morgan fingerprint density at radius 1 is 1.18 bits per heavy atom. The van der Waals surface area contributed by atoms with Gasteiger partial charge in [0, 0.05) is 38.1 Å². The Balaban J connectivity index is 1.35. The van der Waals surface area contributed by atoms with E-state index in [0.29, 0.717) is 18.8 Å². The van der Waals surface area contributed by atoms with Crippen LogP contribution < -0.4 is 10.2 Å². The van der Waals surface area contributed by atoms with E-state index in [1.54, 1.807) is 24.0 Å². The van der Waals surface area contributed by atoms with Crippen molar-refractivity contribution in [2.75, 3.05) is 31.1 Å². The quantitative estimate of drug-likeness (QED) is 0.873. The third kappa shape index (κ3) is 4.09. The number of aromatic nitrogens is 2. The van der Waals surface area contributed by atoms with E-state index < -0.39 is 0 Å². The van der Waals surface area contributed by atoms with E-state index in [0.717, 1.165) is 44.5 Å². The molecule has 4 rings (SSSR count). The number of benzene rings is 1. The van der Waals surface area contributed by atoms with Crippen molar-refractivity contribution in [3.63, 3.8) is 0 Å². The first kappa shape index (κ1) is 18.7. The highest BCUT2D eigenvalue weighted by atomic mass is 16.2. The van der Waals surface area contributed by atoms with Crippen LogP contribution in [0, 0.1) is 0 Å². The highest BCUT2D eigenvalue weighted by Crippen LogP contribution is 2.27. The third-order valence-electron chi connectivity index (χ3n) is 5.56. The molecule has 0 aliphatic carbocycles. The molecule has 7 heteroatoms. The summed E-state index contributed by atoms with van der Waals surface area (Å²) < 4.78 is 1.62. The number of nitrogens with one attached hydrogen (secondary N) is 1. The Kier molecular flexibility index (Phi) is 5.43. The maximum atomic E-state index is 13.0. The number of aryl methyl sites for hydroxylation is 2. The van der Waals surface area contributed by atoms with Crippen LogP contribution in [0.25, 0.3) is 0 Å². The molecule has 1 aromatic carbocycles. The molecular formula is C21H27N5O2. The van der Waals surface area contributed by atoms with Gasteiger partial charge in [-0.2, -0.15) is 5.10 Å². The maximum absolute atomic E-state index is 13.0. The van der Waals surface area contributed by atoms with Gasteiger partial charge in [0.1, 0.15) is 5.69 Å². The van der Waals surface area contributed by atoms with Gasteiger partial charge in [0.05, 0.1) is 6.54 Å². The lowest BCUT2D eigenvalue weighted by atomic mass is 10.0. The minimum Gasteiger partial charge on any atom is -0.347 e. The average Bonchev–Trinajstić information content (AvgIpc) is 3.14. The van der Waals surface area contributed by atoms with E-state index in [-0.39, 0.29) is 17.9 Å². The van der Waals surface area contributed by atoms with Crippen molar-refractivity contribution in [3.05, 3.63) is 47.8 Å². The number of hydrogen-bond acceptors (Lipinski definition) is 4.